The lowest BCUT2D eigenvalue weighted by atomic mass is 10.1. The first-order valence-electron chi connectivity index (χ1n) is 5.56. The molecule has 0 fully saturated rings. The van der Waals surface area contributed by atoms with Gasteiger partial charge in [0.15, 0.2) is 0 Å². The van der Waals surface area contributed by atoms with Crippen molar-refractivity contribution in [3.8, 4) is 5.75 Å². The highest BCUT2D eigenvalue weighted by Gasteiger charge is 2.08. The SMILES string of the molecule is COc1cc(CC2=NCCN2)ccc1NSC. The molecular weight excluding hydrogens is 234 g/mol. The number of rotatable bonds is 5. The van der Waals surface area contributed by atoms with Crippen LogP contribution in [0.1, 0.15) is 5.56 Å². The molecule has 0 radical (unpaired) electrons. The average molecular weight is 251 g/mol. The minimum Gasteiger partial charge on any atom is -0.495 e. The molecule has 1 heterocycles. The van der Waals surface area contributed by atoms with Crippen LogP contribution in [0.2, 0.25) is 0 Å². The summed E-state index contributed by atoms with van der Waals surface area (Å²) in [5, 5.41) is 3.27. The van der Waals surface area contributed by atoms with E-state index in [1.54, 1.807) is 19.1 Å². The van der Waals surface area contributed by atoms with Crippen molar-refractivity contribution < 1.29 is 4.74 Å². The van der Waals surface area contributed by atoms with Crippen LogP contribution >= 0.6 is 11.9 Å². The van der Waals surface area contributed by atoms with Gasteiger partial charge in [-0.2, -0.15) is 0 Å². The second-order valence-corrected chi connectivity index (χ2v) is 4.39. The molecule has 0 bridgehead atoms. The number of methoxy groups -OCH3 is 1. The van der Waals surface area contributed by atoms with Gasteiger partial charge in [-0.15, -0.1) is 0 Å². The van der Waals surface area contributed by atoms with Gasteiger partial charge in [0.2, 0.25) is 0 Å². The Morgan fingerprint density at radius 1 is 1.53 bits per heavy atom. The molecule has 0 atom stereocenters. The molecule has 92 valence electrons. The van der Waals surface area contributed by atoms with E-state index < -0.39 is 0 Å². The number of nitrogens with one attached hydrogen (secondary N) is 2. The van der Waals surface area contributed by atoms with Gasteiger partial charge in [-0.3, -0.25) is 4.99 Å². The third-order valence-corrected chi connectivity index (χ3v) is 3.02. The quantitative estimate of drug-likeness (QED) is 0.785. The molecule has 2 N–H and O–H groups in total. The first kappa shape index (κ1) is 12.1. The van der Waals surface area contributed by atoms with E-state index in [9.17, 15) is 0 Å². The highest BCUT2D eigenvalue weighted by molar-refractivity contribution is 7.99. The second kappa shape index (κ2) is 5.82. The first-order chi connectivity index (χ1) is 8.33. The monoisotopic (exact) mass is 251 g/mol. The normalized spacial score (nSPS) is 14.1. The molecule has 0 spiro atoms. The largest absolute Gasteiger partial charge is 0.495 e. The summed E-state index contributed by atoms with van der Waals surface area (Å²) in [6.07, 6.45) is 2.83. The fourth-order valence-electron chi connectivity index (χ4n) is 1.80. The fourth-order valence-corrected chi connectivity index (χ4v) is 2.19. The predicted octanol–water partition coefficient (Wildman–Crippen LogP) is 1.93. The van der Waals surface area contributed by atoms with Crippen LogP contribution in [0.5, 0.6) is 5.75 Å². The standard InChI is InChI=1S/C12H17N3OS/c1-16-11-7-9(3-4-10(11)15-17-2)8-12-13-5-6-14-12/h3-4,7,15H,5-6,8H2,1-2H3,(H,13,14). The molecule has 2 rings (SSSR count). The van der Waals surface area contributed by atoms with Crippen LogP contribution in [0.4, 0.5) is 5.69 Å². The summed E-state index contributed by atoms with van der Waals surface area (Å²) in [4.78, 5) is 4.39. The van der Waals surface area contributed by atoms with Gasteiger partial charge in [-0.1, -0.05) is 18.0 Å². The van der Waals surface area contributed by atoms with Crippen LogP contribution < -0.4 is 14.8 Å². The minimum absolute atomic E-state index is 0.843. The van der Waals surface area contributed by atoms with Crippen LogP contribution in [0, 0.1) is 0 Å². The molecule has 0 aliphatic carbocycles. The predicted molar refractivity (Wildman–Crippen MR) is 74.1 cm³/mol. The summed E-state index contributed by atoms with van der Waals surface area (Å²) in [5.41, 5.74) is 2.21. The maximum Gasteiger partial charge on any atom is 0.143 e. The highest BCUT2D eigenvalue weighted by Crippen LogP contribution is 2.27. The number of hydrogen-bond donors (Lipinski definition) is 2. The number of hydrogen-bond acceptors (Lipinski definition) is 5. The highest BCUT2D eigenvalue weighted by atomic mass is 32.2. The Morgan fingerprint density at radius 3 is 3.06 bits per heavy atom. The molecule has 1 aromatic carbocycles. The molecular formula is C12H17N3OS. The van der Waals surface area contributed by atoms with E-state index in [-0.39, 0.29) is 0 Å². The maximum atomic E-state index is 5.37. The minimum atomic E-state index is 0.843. The number of anilines is 1. The van der Waals surface area contributed by atoms with Gasteiger partial charge in [0.1, 0.15) is 11.6 Å². The van der Waals surface area contributed by atoms with E-state index in [4.69, 9.17) is 4.74 Å². The number of nitrogens with zero attached hydrogens (tertiary/aromatic N) is 1. The van der Waals surface area contributed by atoms with Crippen molar-refractivity contribution in [2.75, 3.05) is 31.2 Å². The molecule has 4 nitrogen and oxygen atoms in total. The lowest BCUT2D eigenvalue weighted by Gasteiger charge is -2.11. The Morgan fingerprint density at radius 2 is 2.41 bits per heavy atom. The third kappa shape index (κ3) is 3.06. The lowest BCUT2D eigenvalue weighted by molar-refractivity contribution is 0.416. The summed E-state index contributed by atoms with van der Waals surface area (Å²) >= 11 is 1.56. The van der Waals surface area contributed by atoms with Gasteiger partial charge in [0.25, 0.3) is 0 Å². The van der Waals surface area contributed by atoms with Crippen molar-refractivity contribution >= 4 is 23.5 Å². The molecule has 0 amide bonds. The van der Waals surface area contributed by atoms with E-state index in [2.05, 4.69) is 27.2 Å². The van der Waals surface area contributed by atoms with E-state index >= 15 is 0 Å². The summed E-state index contributed by atoms with van der Waals surface area (Å²) in [7, 11) is 1.69. The number of aliphatic imine (C=N–C) groups is 1. The van der Waals surface area contributed by atoms with Crippen LogP contribution in [-0.2, 0) is 6.42 Å². The van der Waals surface area contributed by atoms with Crippen LogP contribution in [0.3, 0.4) is 0 Å². The van der Waals surface area contributed by atoms with E-state index in [0.29, 0.717) is 0 Å². The Hall–Kier alpha value is -1.36. The van der Waals surface area contributed by atoms with Gasteiger partial charge in [-0.25, -0.2) is 0 Å². The maximum absolute atomic E-state index is 5.37. The molecule has 0 aromatic heterocycles. The van der Waals surface area contributed by atoms with Crippen molar-refractivity contribution in [2.24, 2.45) is 4.99 Å². The lowest BCUT2D eigenvalue weighted by Crippen LogP contribution is -2.20. The molecule has 5 heteroatoms. The summed E-state index contributed by atoms with van der Waals surface area (Å²) in [5.74, 6) is 1.94. The Labute approximate surface area is 106 Å². The van der Waals surface area contributed by atoms with Crippen molar-refractivity contribution in [3.63, 3.8) is 0 Å². The van der Waals surface area contributed by atoms with Crippen LogP contribution in [0.25, 0.3) is 0 Å². The van der Waals surface area contributed by atoms with Crippen molar-refractivity contribution in [2.45, 2.75) is 6.42 Å². The van der Waals surface area contributed by atoms with E-state index in [0.717, 1.165) is 36.8 Å². The Kier molecular flexibility index (Phi) is 4.14. The zero-order valence-electron chi connectivity index (χ0n) is 10.1. The van der Waals surface area contributed by atoms with Crippen LogP contribution in [0.15, 0.2) is 23.2 Å². The zero-order chi connectivity index (χ0) is 12.1. The topological polar surface area (TPSA) is 45.6 Å². The molecule has 0 saturated heterocycles. The molecule has 17 heavy (non-hydrogen) atoms. The summed E-state index contributed by atoms with van der Waals surface area (Å²) < 4.78 is 8.56. The van der Waals surface area contributed by atoms with Gasteiger partial charge in [0.05, 0.1) is 19.3 Å². The average Bonchev–Trinajstić information content (AvgIpc) is 2.84. The first-order valence-corrected chi connectivity index (χ1v) is 6.79. The smallest absolute Gasteiger partial charge is 0.143 e. The summed E-state index contributed by atoms with van der Waals surface area (Å²) in [6, 6.07) is 6.20. The van der Waals surface area contributed by atoms with Gasteiger partial charge in [0, 0.05) is 19.2 Å². The zero-order valence-corrected chi connectivity index (χ0v) is 10.9. The number of benzene rings is 1. The van der Waals surface area contributed by atoms with E-state index in [1.807, 2.05) is 12.3 Å². The fraction of sp³-hybridized carbons (Fsp3) is 0.417. The Balaban J connectivity index is 2.13. The second-order valence-electron chi connectivity index (χ2n) is 3.77. The number of amidine groups is 1. The van der Waals surface area contributed by atoms with Crippen LogP contribution in [-0.4, -0.2) is 32.3 Å². The van der Waals surface area contributed by atoms with Gasteiger partial charge in [-0.05, 0) is 17.7 Å². The molecule has 1 aromatic rings. The van der Waals surface area contributed by atoms with Crippen molar-refractivity contribution in [3.05, 3.63) is 23.8 Å². The molecule has 1 aliphatic rings. The summed E-state index contributed by atoms with van der Waals surface area (Å²) in [6.45, 7) is 1.84. The molecule has 0 unspecified atom stereocenters. The molecule has 1 aliphatic heterocycles. The van der Waals surface area contributed by atoms with Gasteiger partial charge < -0.3 is 14.8 Å². The molecule has 0 saturated carbocycles. The third-order valence-electron chi connectivity index (χ3n) is 2.59. The van der Waals surface area contributed by atoms with Crippen molar-refractivity contribution in [1.82, 2.24) is 5.32 Å². The Bertz CT molecular complexity index is 420. The van der Waals surface area contributed by atoms with Crippen molar-refractivity contribution in [1.29, 1.82) is 0 Å². The van der Waals surface area contributed by atoms with E-state index in [1.165, 1.54) is 5.56 Å². The number of ether oxygens (including phenoxy) is 1. The van der Waals surface area contributed by atoms with Gasteiger partial charge >= 0.3 is 0 Å².